The van der Waals surface area contributed by atoms with E-state index >= 15 is 0 Å². The fourth-order valence-corrected chi connectivity index (χ4v) is 1.86. The molecule has 19 heavy (non-hydrogen) atoms. The number of nitrogens with zero attached hydrogens (tertiary/aromatic N) is 2. The summed E-state index contributed by atoms with van der Waals surface area (Å²) in [7, 11) is 0. The van der Waals surface area contributed by atoms with E-state index < -0.39 is 0 Å². The highest BCUT2D eigenvalue weighted by molar-refractivity contribution is 5.60. The number of unbranched alkanes of at least 4 members (excludes halogenated alkanes) is 1. The van der Waals surface area contributed by atoms with Crippen molar-refractivity contribution in [1.29, 1.82) is 0 Å². The first-order valence-corrected chi connectivity index (χ1v) is 6.49. The van der Waals surface area contributed by atoms with Crippen LogP contribution in [-0.2, 0) is 6.42 Å². The van der Waals surface area contributed by atoms with Gasteiger partial charge in [0.25, 0.3) is 0 Å². The molecule has 0 spiro atoms. The average molecular weight is 256 g/mol. The van der Waals surface area contributed by atoms with Crippen LogP contribution in [0.2, 0.25) is 0 Å². The van der Waals surface area contributed by atoms with E-state index in [1.807, 2.05) is 6.07 Å². The Bertz CT molecular complexity index is 561. The quantitative estimate of drug-likeness (QED) is 0.798. The van der Waals surface area contributed by atoms with Crippen molar-refractivity contribution in [2.45, 2.75) is 26.2 Å². The third kappa shape index (κ3) is 3.47. The summed E-state index contributed by atoms with van der Waals surface area (Å²) in [5.41, 5.74) is 2.71. The Morgan fingerprint density at radius 2 is 1.95 bits per heavy atom. The summed E-state index contributed by atoms with van der Waals surface area (Å²) in [4.78, 5) is 8.84. The molecule has 0 aliphatic heterocycles. The molecule has 0 aliphatic rings. The van der Waals surface area contributed by atoms with Crippen LogP contribution in [0, 0.1) is 5.82 Å². The molecule has 98 valence electrons. The third-order valence-corrected chi connectivity index (χ3v) is 2.91. The lowest BCUT2D eigenvalue weighted by atomic mass is 10.1. The molecule has 1 aromatic carbocycles. The Morgan fingerprint density at radius 3 is 2.58 bits per heavy atom. The molecule has 0 fully saturated rings. The lowest BCUT2D eigenvalue weighted by Gasteiger charge is -2.06. The van der Waals surface area contributed by atoms with Gasteiger partial charge in [-0.05, 0) is 49.2 Å². The maximum Gasteiger partial charge on any atom is 0.152 e. The first kappa shape index (κ1) is 13.4. The SMILES string of the molecule is C=Cc1nc(CCCC)cc(-c2ccc(F)cc2)n1. The minimum atomic E-state index is -0.243. The zero-order valence-electron chi connectivity index (χ0n) is 11.1. The van der Waals surface area contributed by atoms with Gasteiger partial charge in [-0.1, -0.05) is 19.9 Å². The highest BCUT2D eigenvalue weighted by Crippen LogP contribution is 2.19. The highest BCUT2D eigenvalue weighted by Gasteiger charge is 2.05. The monoisotopic (exact) mass is 256 g/mol. The summed E-state index contributed by atoms with van der Waals surface area (Å²) >= 11 is 0. The number of halogens is 1. The molecule has 0 saturated heterocycles. The molecule has 3 heteroatoms. The van der Waals surface area contributed by atoms with E-state index in [1.54, 1.807) is 18.2 Å². The van der Waals surface area contributed by atoms with Crippen LogP contribution in [0.1, 0.15) is 31.3 Å². The second-order valence-corrected chi connectivity index (χ2v) is 4.42. The molecular formula is C16H17FN2. The molecule has 0 aliphatic carbocycles. The van der Waals surface area contributed by atoms with Gasteiger partial charge in [0.1, 0.15) is 5.82 Å². The molecular weight excluding hydrogens is 239 g/mol. The van der Waals surface area contributed by atoms with Gasteiger partial charge in [-0.3, -0.25) is 0 Å². The average Bonchev–Trinajstić information content (AvgIpc) is 2.45. The molecule has 2 nitrogen and oxygen atoms in total. The van der Waals surface area contributed by atoms with Crippen molar-refractivity contribution in [3.8, 4) is 11.3 Å². The molecule has 1 aromatic heterocycles. The van der Waals surface area contributed by atoms with Gasteiger partial charge in [-0.15, -0.1) is 0 Å². The lowest BCUT2D eigenvalue weighted by molar-refractivity contribution is 0.628. The fraction of sp³-hybridized carbons (Fsp3) is 0.250. The number of aryl methyl sites for hydroxylation is 1. The molecule has 0 radical (unpaired) electrons. The van der Waals surface area contributed by atoms with Crippen LogP contribution in [-0.4, -0.2) is 9.97 Å². The van der Waals surface area contributed by atoms with Crippen molar-refractivity contribution in [2.24, 2.45) is 0 Å². The summed E-state index contributed by atoms with van der Waals surface area (Å²) in [6.45, 7) is 5.87. The number of hydrogen-bond donors (Lipinski definition) is 0. The van der Waals surface area contributed by atoms with Crippen LogP contribution in [0.4, 0.5) is 4.39 Å². The molecule has 0 atom stereocenters. The van der Waals surface area contributed by atoms with E-state index in [9.17, 15) is 4.39 Å². The van der Waals surface area contributed by atoms with Crippen molar-refractivity contribution in [1.82, 2.24) is 9.97 Å². The Labute approximate surface area is 113 Å². The molecule has 1 heterocycles. The predicted octanol–water partition coefficient (Wildman–Crippen LogP) is 4.27. The van der Waals surface area contributed by atoms with E-state index in [0.29, 0.717) is 5.82 Å². The van der Waals surface area contributed by atoms with E-state index in [-0.39, 0.29) is 5.82 Å². The molecule has 0 amide bonds. The van der Waals surface area contributed by atoms with E-state index in [1.165, 1.54) is 12.1 Å². The number of aromatic nitrogens is 2. The topological polar surface area (TPSA) is 25.8 Å². The predicted molar refractivity (Wildman–Crippen MR) is 76.1 cm³/mol. The summed E-state index contributed by atoms with van der Waals surface area (Å²) in [5.74, 6) is 0.376. The second kappa shape index (κ2) is 6.23. The summed E-state index contributed by atoms with van der Waals surface area (Å²) in [5, 5.41) is 0. The maximum absolute atomic E-state index is 12.9. The van der Waals surface area contributed by atoms with E-state index in [4.69, 9.17) is 0 Å². The highest BCUT2D eigenvalue weighted by atomic mass is 19.1. The van der Waals surface area contributed by atoms with Crippen molar-refractivity contribution in [2.75, 3.05) is 0 Å². The lowest BCUT2D eigenvalue weighted by Crippen LogP contribution is -1.98. The first-order chi connectivity index (χ1) is 9.22. The van der Waals surface area contributed by atoms with Crippen molar-refractivity contribution in [3.05, 3.63) is 54.2 Å². The molecule has 0 saturated carbocycles. The minimum Gasteiger partial charge on any atom is -0.234 e. The second-order valence-electron chi connectivity index (χ2n) is 4.42. The van der Waals surface area contributed by atoms with Crippen molar-refractivity contribution in [3.63, 3.8) is 0 Å². The third-order valence-electron chi connectivity index (χ3n) is 2.91. The molecule has 2 rings (SSSR count). The van der Waals surface area contributed by atoms with Crippen molar-refractivity contribution >= 4 is 6.08 Å². The van der Waals surface area contributed by atoms with Crippen molar-refractivity contribution < 1.29 is 4.39 Å². The van der Waals surface area contributed by atoms with Crippen LogP contribution in [0.3, 0.4) is 0 Å². The molecule has 2 aromatic rings. The van der Waals surface area contributed by atoms with Gasteiger partial charge in [-0.2, -0.15) is 0 Å². The maximum atomic E-state index is 12.9. The van der Waals surface area contributed by atoms with Gasteiger partial charge >= 0.3 is 0 Å². The molecule has 0 bridgehead atoms. The largest absolute Gasteiger partial charge is 0.234 e. The number of rotatable bonds is 5. The molecule has 0 N–H and O–H groups in total. The first-order valence-electron chi connectivity index (χ1n) is 6.49. The Hall–Kier alpha value is -2.03. The van der Waals surface area contributed by atoms with Gasteiger partial charge in [-0.25, -0.2) is 14.4 Å². The van der Waals surface area contributed by atoms with Gasteiger partial charge in [0.2, 0.25) is 0 Å². The van der Waals surface area contributed by atoms with Crippen LogP contribution in [0.15, 0.2) is 36.9 Å². The van der Waals surface area contributed by atoms with E-state index in [2.05, 4.69) is 23.5 Å². The Balaban J connectivity index is 2.38. The van der Waals surface area contributed by atoms with Gasteiger partial charge in [0, 0.05) is 11.3 Å². The van der Waals surface area contributed by atoms with Crippen LogP contribution >= 0.6 is 0 Å². The van der Waals surface area contributed by atoms with Crippen LogP contribution in [0.5, 0.6) is 0 Å². The van der Waals surface area contributed by atoms with Gasteiger partial charge < -0.3 is 0 Å². The van der Waals surface area contributed by atoms with E-state index in [0.717, 1.165) is 36.2 Å². The van der Waals surface area contributed by atoms with Crippen LogP contribution < -0.4 is 0 Å². The number of hydrogen-bond acceptors (Lipinski definition) is 2. The Kier molecular flexibility index (Phi) is 4.39. The summed E-state index contributed by atoms with van der Waals surface area (Å²) in [6.07, 6.45) is 4.78. The Morgan fingerprint density at radius 1 is 1.21 bits per heavy atom. The van der Waals surface area contributed by atoms with Gasteiger partial charge in [0.15, 0.2) is 5.82 Å². The zero-order valence-corrected chi connectivity index (χ0v) is 11.1. The summed E-state index contributed by atoms with van der Waals surface area (Å²) < 4.78 is 12.9. The fourth-order valence-electron chi connectivity index (χ4n) is 1.86. The van der Waals surface area contributed by atoms with Crippen LogP contribution in [0.25, 0.3) is 17.3 Å². The summed E-state index contributed by atoms with van der Waals surface area (Å²) in [6, 6.07) is 8.31. The normalized spacial score (nSPS) is 10.4. The van der Waals surface area contributed by atoms with Gasteiger partial charge in [0.05, 0.1) is 5.69 Å². The molecule has 0 unspecified atom stereocenters. The minimum absolute atomic E-state index is 0.243. The standard InChI is InChI=1S/C16H17FN2/c1-3-5-6-14-11-15(19-16(4-2)18-14)12-7-9-13(17)10-8-12/h4,7-11H,2-3,5-6H2,1H3. The smallest absolute Gasteiger partial charge is 0.152 e. The number of benzene rings is 1. The zero-order chi connectivity index (χ0) is 13.7.